The quantitative estimate of drug-likeness (QED) is 0.871. The van der Waals surface area contributed by atoms with Crippen molar-refractivity contribution in [3.8, 4) is 0 Å². The predicted octanol–water partition coefficient (Wildman–Crippen LogP) is 2.05. The van der Waals surface area contributed by atoms with Gasteiger partial charge in [0.2, 0.25) is 5.91 Å². The van der Waals surface area contributed by atoms with Gasteiger partial charge in [0.05, 0.1) is 21.7 Å². The molecule has 5 nitrogen and oxygen atoms in total. The van der Waals surface area contributed by atoms with Crippen LogP contribution in [0.3, 0.4) is 0 Å². The third-order valence-electron chi connectivity index (χ3n) is 3.44. The maximum atomic E-state index is 12.5. The number of nitrogens with two attached hydrogens (primary N) is 1. The van der Waals surface area contributed by atoms with Gasteiger partial charge in [-0.3, -0.25) is 9.59 Å². The highest BCUT2D eigenvalue weighted by Gasteiger charge is 2.27. The maximum Gasteiger partial charge on any atom is 0.257 e. The van der Waals surface area contributed by atoms with Crippen molar-refractivity contribution in [3.05, 3.63) is 33.8 Å². The smallest absolute Gasteiger partial charge is 0.257 e. The van der Waals surface area contributed by atoms with Gasteiger partial charge in [0.1, 0.15) is 0 Å². The van der Waals surface area contributed by atoms with Gasteiger partial charge in [0.15, 0.2) is 0 Å². The van der Waals surface area contributed by atoms with E-state index in [2.05, 4.69) is 0 Å². The Morgan fingerprint density at radius 3 is 2.00 bits per heavy atom. The van der Waals surface area contributed by atoms with E-state index < -0.39 is 6.04 Å². The highest BCUT2D eigenvalue weighted by atomic mass is 35.5. The molecule has 1 atom stereocenters. The Morgan fingerprint density at radius 2 is 1.55 bits per heavy atom. The molecule has 1 saturated heterocycles. The van der Waals surface area contributed by atoms with E-state index in [1.807, 2.05) is 0 Å². The van der Waals surface area contributed by atoms with E-state index in [1.165, 1.54) is 0 Å². The highest BCUT2D eigenvalue weighted by molar-refractivity contribution is 6.39. The standard InChI is InChI=1S/C14H17Cl2N3O2.ClH/c1-9(17)13(20)18-5-7-19(8-6-18)14(21)12-10(15)3-2-4-11(12)16;/h2-4,9H,5-8,17H2,1H3;1H/t9-;/m0./s1. The predicted molar refractivity (Wildman–Crippen MR) is 89.8 cm³/mol. The van der Waals surface area contributed by atoms with Gasteiger partial charge in [0.25, 0.3) is 5.91 Å². The number of hydrogen-bond acceptors (Lipinski definition) is 3. The van der Waals surface area contributed by atoms with E-state index in [0.717, 1.165) is 0 Å². The molecule has 1 aliphatic rings. The maximum absolute atomic E-state index is 12.5. The van der Waals surface area contributed by atoms with Crippen molar-refractivity contribution in [2.75, 3.05) is 26.2 Å². The molecule has 0 radical (unpaired) electrons. The van der Waals surface area contributed by atoms with E-state index in [1.54, 1.807) is 34.9 Å². The Kier molecular flexibility index (Phi) is 6.94. The molecule has 2 amide bonds. The van der Waals surface area contributed by atoms with Crippen LogP contribution in [0.15, 0.2) is 18.2 Å². The zero-order valence-corrected chi connectivity index (χ0v) is 14.4. The Labute approximate surface area is 145 Å². The molecule has 0 saturated carbocycles. The number of rotatable bonds is 2. The number of piperazine rings is 1. The number of halogens is 3. The number of benzene rings is 1. The molecule has 0 aliphatic carbocycles. The summed E-state index contributed by atoms with van der Waals surface area (Å²) in [6, 6.07) is 4.44. The molecule has 2 rings (SSSR count). The molecule has 8 heteroatoms. The van der Waals surface area contributed by atoms with Crippen LogP contribution in [0.2, 0.25) is 10.0 Å². The molecule has 1 heterocycles. The average Bonchev–Trinajstić information content (AvgIpc) is 2.46. The van der Waals surface area contributed by atoms with Crippen molar-refractivity contribution in [2.45, 2.75) is 13.0 Å². The fraction of sp³-hybridized carbons (Fsp3) is 0.429. The summed E-state index contributed by atoms with van der Waals surface area (Å²) in [6.07, 6.45) is 0. The molecular weight excluding hydrogens is 349 g/mol. The van der Waals surface area contributed by atoms with Gasteiger partial charge >= 0.3 is 0 Å². The molecule has 0 bridgehead atoms. The molecule has 22 heavy (non-hydrogen) atoms. The lowest BCUT2D eigenvalue weighted by Crippen LogP contribution is -2.53. The minimum absolute atomic E-state index is 0. The lowest BCUT2D eigenvalue weighted by atomic mass is 10.1. The summed E-state index contributed by atoms with van der Waals surface area (Å²) >= 11 is 12.1. The van der Waals surface area contributed by atoms with Gasteiger partial charge in [-0.15, -0.1) is 12.4 Å². The molecule has 122 valence electrons. The Morgan fingerprint density at radius 1 is 1.09 bits per heavy atom. The van der Waals surface area contributed by atoms with Gasteiger partial charge in [-0.1, -0.05) is 29.3 Å². The zero-order chi connectivity index (χ0) is 15.6. The van der Waals surface area contributed by atoms with Gasteiger partial charge in [-0.2, -0.15) is 0 Å². The average molecular weight is 367 g/mol. The summed E-state index contributed by atoms with van der Waals surface area (Å²) < 4.78 is 0. The summed E-state index contributed by atoms with van der Waals surface area (Å²) in [5.74, 6) is -0.309. The number of nitrogens with zero attached hydrogens (tertiary/aromatic N) is 2. The van der Waals surface area contributed by atoms with Gasteiger partial charge in [-0.05, 0) is 19.1 Å². The second-order valence-electron chi connectivity index (χ2n) is 5.00. The summed E-state index contributed by atoms with van der Waals surface area (Å²) in [5.41, 5.74) is 5.90. The zero-order valence-electron chi connectivity index (χ0n) is 12.1. The van der Waals surface area contributed by atoms with Crippen LogP contribution in [0.4, 0.5) is 0 Å². The van der Waals surface area contributed by atoms with Crippen LogP contribution in [0.25, 0.3) is 0 Å². The first kappa shape index (κ1) is 19.0. The fourth-order valence-corrected chi connectivity index (χ4v) is 2.84. The van der Waals surface area contributed by atoms with Crippen molar-refractivity contribution >= 4 is 47.4 Å². The Hall–Kier alpha value is -1.01. The third kappa shape index (κ3) is 4.04. The number of carbonyl (C=O) groups excluding carboxylic acids is 2. The van der Waals surface area contributed by atoms with E-state index >= 15 is 0 Å². The largest absolute Gasteiger partial charge is 0.338 e. The van der Waals surface area contributed by atoms with Crippen LogP contribution in [0, 0.1) is 0 Å². The summed E-state index contributed by atoms with van der Waals surface area (Å²) in [7, 11) is 0. The van der Waals surface area contributed by atoms with Crippen LogP contribution >= 0.6 is 35.6 Å². The normalized spacial score (nSPS) is 16.0. The molecule has 0 spiro atoms. The first-order valence-electron chi connectivity index (χ1n) is 6.69. The van der Waals surface area contributed by atoms with Gasteiger partial charge < -0.3 is 15.5 Å². The topological polar surface area (TPSA) is 66.6 Å². The van der Waals surface area contributed by atoms with Crippen LogP contribution in [0.1, 0.15) is 17.3 Å². The molecule has 1 aliphatic heterocycles. The minimum atomic E-state index is -0.523. The first-order valence-corrected chi connectivity index (χ1v) is 7.45. The number of amides is 2. The van der Waals surface area contributed by atoms with Crippen LogP contribution in [-0.2, 0) is 4.79 Å². The second kappa shape index (κ2) is 8.02. The first-order chi connectivity index (χ1) is 9.91. The minimum Gasteiger partial charge on any atom is -0.338 e. The van der Waals surface area contributed by atoms with Crippen molar-refractivity contribution in [1.29, 1.82) is 0 Å². The van der Waals surface area contributed by atoms with E-state index in [9.17, 15) is 9.59 Å². The molecule has 1 aromatic carbocycles. The molecule has 1 fully saturated rings. The summed E-state index contributed by atoms with van der Waals surface area (Å²) in [6.45, 7) is 3.48. The number of carbonyl (C=O) groups is 2. The third-order valence-corrected chi connectivity index (χ3v) is 4.07. The van der Waals surface area contributed by atoms with Crippen LogP contribution < -0.4 is 5.73 Å². The van der Waals surface area contributed by atoms with Crippen molar-refractivity contribution < 1.29 is 9.59 Å². The van der Waals surface area contributed by atoms with Gasteiger partial charge in [0, 0.05) is 26.2 Å². The van der Waals surface area contributed by atoms with Crippen LogP contribution in [-0.4, -0.2) is 53.8 Å². The number of hydrogen-bond donors (Lipinski definition) is 1. The van der Waals surface area contributed by atoms with E-state index in [4.69, 9.17) is 28.9 Å². The molecule has 0 unspecified atom stereocenters. The second-order valence-corrected chi connectivity index (χ2v) is 5.82. The molecule has 1 aromatic rings. The molecule has 2 N–H and O–H groups in total. The Bertz CT molecular complexity index is 538. The fourth-order valence-electron chi connectivity index (χ4n) is 2.28. The van der Waals surface area contributed by atoms with E-state index in [0.29, 0.717) is 41.8 Å². The monoisotopic (exact) mass is 365 g/mol. The van der Waals surface area contributed by atoms with Gasteiger partial charge in [-0.25, -0.2) is 0 Å². The SMILES string of the molecule is C[C@H](N)C(=O)N1CCN(C(=O)c2c(Cl)cccc2Cl)CC1.Cl. The lowest BCUT2D eigenvalue weighted by molar-refractivity contribution is -0.133. The highest BCUT2D eigenvalue weighted by Crippen LogP contribution is 2.26. The van der Waals surface area contributed by atoms with E-state index in [-0.39, 0.29) is 24.2 Å². The van der Waals surface area contributed by atoms with Crippen LogP contribution in [0.5, 0.6) is 0 Å². The molecule has 0 aromatic heterocycles. The van der Waals surface area contributed by atoms with Crippen molar-refractivity contribution in [2.24, 2.45) is 5.73 Å². The lowest BCUT2D eigenvalue weighted by Gasteiger charge is -2.35. The summed E-state index contributed by atoms with van der Waals surface area (Å²) in [5, 5.41) is 0.670. The summed E-state index contributed by atoms with van der Waals surface area (Å²) in [4.78, 5) is 27.6. The molecular formula is C14H18Cl3N3O2. The van der Waals surface area contributed by atoms with Crippen molar-refractivity contribution in [3.63, 3.8) is 0 Å². The van der Waals surface area contributed by atoms with Crippen molar-refractivity contribution in [1.82, 2.24) is 9.80 Å². The Balaban J connectivity index is 0.00000242.